The highest BCUT2D eigenvalue weighted by molar-refractivity contribution is 7.10. The standard InChI is InChI=1S/C20H27N3OS/c1-3-21(4-2)17-7-9-18(10-8-17)22-11-13-23(14-12-22)20(24)16-19-6-5-15-25-19/h5-10,15H,3-4,11-14,16H2,1-2H3. The van der Waals surface area contributed by atoms with Crippen LogP contribution in [0, 0.1) is 0 Å². The van der Waals surface area contributed by atoms with E-state index in [1.54, 1.807) is 11.3 Å². The van der Waals surface area contributed by atoms with Crippen LogP contribution < -0.4 is 9.80 Å². The van der Waals surface area contributed by atoms with E-state index in [-0.39, 0.29) is 5.91 Å². The van der Waals surface area contributed by atoms with Crippen LogP contribution in [0.5, 0.6) is 0 Å². The van der Waals surface area contributed by atoms with Gasteiger partial charge in [0, 0.05) is 55.5 Å². The van der Waals surface area contributed by atoms with Gasteiger partial charge in [0.15, 0.2) is 0 Å². The second kappa shape index (κ2) is 8.39. The molecule has 134 valence electrons. The second-order valence-corrected chi connectivity index (χ2v) is 7.34. The molecule has 1 aliphatic heterocycles. The number of nitrogens with zero attached hydrogens (tertiary/aromatic N) is 3. The predicted molar refractivity (Wildman–Crippen MR) is 107 cm³/mol. The Morgan fingerprint density at radius 1 is 1.04 bits per heavy atom. The Kier molecular flexibility index (Phi) is 5.97. The summed E-state index contributed by atoms with van der Waals surface area (Å²) in [5, 5.41) is 2.03. The lowest BCUT2D eigenvalue weighted by molar-refractivity contribution is -0.130. The van der Waals surface area contributed by atoms with E-state index in [1.165, 1.54) is 11.4 Å². The van der Waals surface area contributed by atoms with Crippen LogP contribution in [0.2, 0.25) is 0 Å². The van der Waals surface area contributed by atoms with E-state index >= 15 is 0 Å². The van der Waals surface area contributed by atoms with Crippen molar-refractivity contribution in [2.45, 2.75) is 20.3 Å². The van der Waals surface area contributed by atoms with Gasteiger partial charge in [-0.2, -0.15) is 0 Å². The fourth-order valence-corrected chi connectivity index (χ4v) is 4.05. The highest BCUT2D eigenvalue weighted by Gasteiger charge is 2.21. The second-order valence-electron chi connectivity index (χ2n) is 6.31. The number of benzene rings is 1. The Morgan fingerprint density at radius 2 is 1.72 bits per heavy atom. The number of hydrogen-bond acceptors (Lipinski definition) is 4. The number of hydrogen-bond donors (Lipinski definition) is 0. The first-order valence-electron chi connectivity index (χ1n) is 9.11. The van der Waals surface area contributed by atoms with Crippen molar-refractivity contribution in [2.24, 2.45) is 0 Å². The zero-order chi connectivity index (χ0) is 17.6. The molecule has 1 saturated heterocycles. The number of carbonyl (C=O) groups is 1. The molecule has 1 fully saturated rings. The van der Waals surface area contributed by atoms with Gasteiger partial charge in [-0.25, -0.2) is 0 Å². The molecule has 2 heterocycles. The van der Waals surface area contributed by atoms with E-state index < -0.39 is 0 Å². The molecule has 3 rings (SSSR count). The van der Waals surface area contributed by atoms with Gasteiger partial charge in [0.1, 0.15) is 0 Å². The molecule has 1 aliphatic rings. The van der Waals surface area contributed by atoms with Gasteiger partial charge in [-0.3, -0.25) is 4.79 Å². The molecule has 4 nitrogen and oxygen atoms in total. The average Bonchev–Trinajstić information content (AvgIpc) is 3.16. The summed E-state index contributed by atoms with van der Waals surface area (Å²) < 4.78 is 0. The summed E-state index contributed by atoms with van der Waals surface area (Å²) in [6, 6.07) is 12.9. The third-order valence-electron chi connectivity index (χ3n) is 4.88. The maximum Gasteiger partial charge on any atom is 0.227 e. The molecule has 0 unspecified atom stereocenters. The molecule has 1 aromatic carbocycles. The van der Waals surface area contributed by atoms with Crippen molar-refractivity contribution in [1.29, 1.82) is 0 Å². The molecule has 0 atom stereocenters. The minimum atomic E-state index is 0.249. The Balaban J connectivity index is 1.54. The summed E-state index contributed by atoms with van der Waals surface area (Å²) in [4.78, 5) is 20.3. The van der Waals surface area contributed by atoms with Crippen LogP contribution >= 0.6 is 11.3 Å². The predicted octanol–water partition coefficient (Wildman–Crippen LogP) is 3.49. The van der Waals surface area contributed by atoms with Crippen molar-refractivity contribution < 1.29 is 4.79 Å². The van der Waals surface area contributed by atoms with Crippen LogP contribution in [0.1, 0.15) is 18.7 Å². The molecule has 0 N–H and O–H groups in total. The quantitative estimate of drug-likeness (QED) is 0.792. The van der Waals surface area contributed by atoms with Crippen LogP contribution in [0.15, 0.2) is 41.8 Å². The van der Waals surface area contributed by atoms with Gasteiger partial charge in [0.05, 0.1) is 6.42 Å². The summed E-state index contributed by atoms with van der Waals surface area (Å²) in [5.41, 5.74) is 2.53. The van der Waals surface area contributed by atoms with E-state index in [4.69, 9.17) is 0 Å². The van der Waals surface area contributed by atoms with Crippen LogP contribution in [-0.4, -0.2) is 50.1 Å². The van der Waals surface area contributed by atoms with Crippen LogP contribution in [0.25, 0.3) is 0 Å². The molecule has 5 heteroatoms. The lowest BCUT2D eigenvalue weighted by Crippen LogP contribution is -2.49. The molecular weight excluding hydrogens is 330 g/mol. The van der Waals surface area contributed by atoms with Crippen molar-refractivity contribution >= 4 is 28.6 Å². The Bertz CT molecular complexity index is 657. The third kappa shape index (κ3) is 4.34. The highest BCUT2D eigenvalue weighted by atomic mass is 32.1. The summed E-state index contributed by atoms with van der Waals surface area (Å²) in [5.74, 6) is 0.249. The molecular formula is C20H27N3OS. The molecule has 0 radical (unpaired) electrons. The van der Waals surface area contributed by atoms with E-state index in [0.717, 1.165) is 44.1 Å². The molecule has 1 aromatic heterocycles. The van der Waals surface area contributed by atoms with Gasteiger partial charge in [-0.1, -0.05) is 6.07 Å². The van der Waals surface area contributed by atoms with E-state index in [1.807, 2.05) is 22.4 Å². The van der Waals surface area contributed by atoms with Gasteiger partial charge >= 0.3 is 0 Å². The number of anilines is 2. The molecule has 2 aromatic rings. The van der Waals surface area contributed by atoms with Crippen molar-refractivity contribution in [1.82, 2.24) is 4.90 Å². The first kappa shape index (κ1) is 17.8. The fraction of sp³-hybridized carbons (Fsp3) is 0.450. The highest BCUT2D eigenvalue weighted by Crippen LogP contribution is 2.22. The smallest absolute Gasteiger partial charge is 0.227 e. The monoisotopic (exact) mass is 357 g/mol. The first-order valence-corrected chi connectivity index (χ1v) is 9.99. The maximum absolute atomic E-state index is 12.4. The number of carbonyl (C=O) groups excluding carboxylic acids is 1. The number of piperazine rings is 1. The Morgan fingerprint density at radius 3 is 2.28 bits per heavy atom. The van der Waals surface area contributed by atoms with Crippen molar-refractivity contribution in [3.63, 3.8) is 0 Å². The van der Waals surface area contributed by atoms with Crippen molar-refractivity contribution in [3.05, 3.63) is 46.7 Å². The third-order valence-corrected chi connectivity index (χ3v) is 5.76. The summed E-state index contributed by atoms with van der Waals surface area (Å²) in [6.07, 6.45) is 0.538. The zero-order valence-electron chi connectivity index (χ0n) is 15.1. The van der Waals surface area contributed by atoms with Gasteiger partial charge in [-0.05, 0) is 49.6 Å². The molecule has 0 saturated carbocycles. The summed E-state index contributed by atoms with van der Waals surface area (Å²) in [6.45, 7) is 9.85. The molecule has 1 amide bonds. The average molecular weight is 358 g/mol. The molecule has 0 bridgehead atoms. The molecule has 25 heavy (non-hydrogen) atoms. The lowest BCUT2D eigenvalue weighted by atomic mass is 10.2. The first-order chi connectivity index (χ1) is 12.2. The Labute approximate surface area is 154 Å². The molecule has 0 aliphatic carbocycles. The van der Waals surface area contributed by atoms with E-state index in [9.17, 15) is 4.79 Å². The minimum Gasteiger partial charge on any atom is -0.372 e. The van der Waals surface area contributed by atoms with Gasteiger partial charge < -0.3 is 14.7 Å². The minimum absolute atomic E-state index is 0.249. The number of rotatable bonds is 6. The fourth-order valence-electron chi connectivity index (χ4n) is 3.35. The van der Waals surface area contributed by atoms with Gasteiger partial charge in [0.25, 0.3) is 0 Å². The summed E-state index contributed by atoms with van der Waals surface area (Å²) >= 11 is 1.66. The van der Waals surface area contributed by atoms with E-state index in [2.05, 4.69) is 47.9 Å². The largest absolute Gasteiger partial charge is 0.372 e. The lowest BCUT2D eigenvalue weighted by Gasteiger charge is -2.36. The number of amides is 1. The number of thiophene rings is 1. The summed E-state index contributed by atoms with van der Waals surface area (Å²) in [7, 11) is 0. The zero-order valence-corrected chi connectivity index (χ0v) is 16.0. The van der Waals surface area contributed by atoms with Crippen LogP contribution in [0.4, 0.5) is 11.4 Å². The molecule has 0 spiro atoms. The Hall–Kier alpha value is -2.01. The van der Waals surface area contributed by atoms with Gasteiger partial charge in [0.2, 0.25) is 5.91 Å². The normalized spacial score (nSPS) is 14.6. The SMILES string of the molecule is CCN(CC)c1ccc(N2CCN(C(=O)Cc3cccs3)CC2)cc1. The van der Waals surface area contributed by atoms with Crippen LogP contribution in [0.3, 0.4) is 0 Å². The van der Waals surface area contributed by atoms with Crippen LogP contribution in [-0.2, 0) is 11.2 Å². The van der Waals surface area contributed by atoms with Crippen molar-refractivity contribution in [3.8, 4) is 0 Å². The topological polar surface area (TPSA) is 26.8 Å². The van der Waals surface area contributed by atoms with E-state index in [0.29, 0.717) is 6.42 Å². The van der Waals surface area contributed by atoms with Gasteiger partial charge in [-0.15, -0.1) is 11.3 Å². The van der Waals surface area contributed by atoms with Crippen molar-refractivity contribution in [2.75, 3.05) is 49.1 Å². The maximum atomic E-state index is 12.4.